The fraction of sp³-hybridized carbons (Fsp3) is 0.111. The zero-order valence-corrected chi connectivity index (χ0v) is 13.1. The molecule has 0 saturated heterocycles. The van der Waals surface area contributed by atoms with E-state index >= 15 is 0 Å². The molecule has 0 saturated carbocycles. The highest BCUT2D eigenvalue weighted by molar-refractivity contribution is 9.10. The monoisotopic (exact) mass is 375 g/mol. The maximum absolute atomic E-state index is 6.11. The van der Waals surface area contributed by atoms with Crippen molar-refractivity contribution in [2.45, 2.75) is 6.04 Å². The predicted octanol–water partition coefficient (Wildman–Crippen LogP) is 5.58. The van der Waals surface area contributed by atoms with E-state index in [4.69, 9.17) is 40.5 Å². The maximum atomic E-state index is 6.11. The standard InChI is InChI=1S/C9H5BrCl3NS2/c10-4-2-5(15-9(4)13)7(14)3-1-6(11)16-8(3)12/h1-2,7H,14H2. The smallest absolute Gasteiger partial charge is 0.107 e. The lowest BCUT2D eigenvalue weighted by molar-refractivity contribution is 0.899. The normalized spacial score (nSPS) is 13.1. The SMILES string of the molecule is NC(c1cc(Br)c(Cl)s1)c1cc(Cl)sc1Cl. The number of hydrogen-bond donors (Lipinski definition) is 1. The van der Waals surface area contributed by atoms with Crippen molar-refractivity contribution in [3.8, 4) is 0 Å². The summed E-state index contributed by atoms with van der Waals surface area (Å²) >= 11 is 24.0. The van der Waals surface area contributed by atoms with Gasteiger partial charge in [-0.2, -0.15) is 0 Å². The van der Waals surface area contributed by atoms with Crippen molar-refractivity contribution in [3.63, 3.8) is 0 Å². The third kappa shape index (κ3) is 2.58. The van der Waals surface area contributed by atoms with Crippen LogP contribution in [0.3, 0.4) is 0 Å². The van der Waals surface area contributed by atoms with Crippen molar-refractivity contribution in [1.82, 2.24) is 0 Å². The van der Waals surface area contributed by atoms with Crippen LogP contribution in [0.25, 0.3) is 0 Å². The first kappa shape index (κ1) is 13.1. The Bertz CT molecular complexity index is 503. The Morgan fingerprint density at radius 2 is 1.81 bits per heavy atom. The highest BCUT2D eigenvalue weighted by Gasteiger charge is 2.18. The Labute approximate surface area is 124 Å². The predicted molar refractivity (Wildman–Crippen MR) is 77.4 cm³/mol. The van der Waals surface area contributed by atoms with Crippen LogP contribution in [0.1, 0.15) is 16.5 Å². The number of rotatable bonds is 2. The van der Waals surface area contributed by atoms with Crippen molar-refractivity contribution >= 4 is 73.4 Å². The van der Waals surface area contributed by atoms with Crippen LogP contribution < -0.4 is 5.73 Å². The molecule has 0 spiro atoms. The lowest BCUT2D eigenvalue weighted by atomic mass is 10.1. The summed E-state index contributed by atoms with van der Waals surface area (Å²) in [5.41, 5.74) is 6.94. The number of nitrogens with two attached hydrogens (primary N) is 1. The van der Waals surface area contributed by atoms with E-state index in [1.54, 1.807) is 6.07 Å². The fourth-order valence-corrected chi connectivity index (χ4v) is 4.54. The van der Waals surface area contributed by atoms with Gasteiger partial charge < -0.3 is 5.73 Å². The van der Waals surface area contributed by atoms with Gasteiger partial charge in [-0.3, -0.25) is 0 Å². The second kappa shape index (κ2) is 5.14. The minimum absolute atomic E-state index is 0.287. The van der Waals surface area contributed by atoms with E-state index in [1.807, 2.05) is 6.07 Å². The zero-order valence-electron chi connectivity index (χ0n) is 7.64. The van der Waals surface area contributed by atoms with Gasteiger partial charge in [0.1, 0.15) is 4.34 Å². The van der Waals surface area contributed by atoms with Crippen molar-refractivity contribution in [1.29, 1.82) is 0 Å². The molecule has 2 rings (SSSR count). The van der Waals surface area contributed by atoms with E-state index < -0.39 is 0 Å². The highest BCUT2D eigenvalue weighted by atomic mass is 79.9. The molecule has 2 aromatic heterocycles. The van der Waals surface area contributed by atoms with Gasteiger partial charge in [0, 0.05) is 14.9 Å². The molecule has 0 amide bonds. The molecule has 86 valence electrons. The molecule has 1 nitrogen and oxygen atoms in total. The summed E-state index contributed by atoms with van der Waals surface area (Å²) in [7, 11) is 0. The van der Waals surface area contributed by atoms with E-state index in [0.717, 1.165) is 14.9 Å². The average molecular weight is 378 g/mol. The van der Waals surface area contributed by atoms with Crippen LogP contribution in [0.2, 0.25) is 13.0 Å². The van der Waals surface area contributed by atoms with Crippen LogP contribution in [0, 0.1) is 0 Å². The van der Waals surface area contributed by atoms with Crippen LogP contribution in [0.5, 0.6) is 0 Å². The van der Waals surface area contributed by atoms with E-state index in [0.29, 0.717) is 13.0 Å². The summed E-state index contributed by atoms with van der Waals surface area (Å²) in [6, 6.07) is 3.41. The van der Waals surface area contributed by atoms with Crippen molar-refractivity contribution in [2.75, 3.05) is 0 Å². The summed E-state index contributed by atoms with van der Waals surface area (Å²) in [5, 5.41) is 0. The average Bonchev–Trinajstić information content (AvgIpc) is 2.70. The lowest BCUT2D eigenvalue weighted by Gasteiger charge is -2.07. The van der Waals surface area contributed by atoms with Gasteiger partial charge >= 0.3 is 0 Å². The first-order valence-electron chi connectivity index (χ1n) is 4.14. The summed E-state index contributed by atoms with van der Waals surface area (Å²) in [6.07, 6.45) is 0. The molecule has 2 aromatic rings. The van der Waals surface area contributed by atoms with Gasteiger partial charge in [0.2, 0.25) is 0 Å². The molecule has 1 atom stereocenters. The second-order valence-electron chi connectivity index (χ2n) is 3.03. The van der Waals surface area contributed by atoms with Crippen LogP contribution >= 0.6 is 73.4 Å². The highest BCUT2D eigenvalue weighted by Crippen LogP contribution is 2.41. The van der Waals surface area contributed by atoms with Gasteiger partial charge in [0.25, 0.3) is 0 Å². The van der Waals surface area contributed by atoms with Crippen molar-refractivity contribution < 1.29 is 0 Å². The summed E-state index contributed by atoms with van der Waals surface area (Å²) in [5.74, 6) is 0. The molecule has 7 heteroatoms. The molecule has 2 heterocycles. The van der Waals surface area contributed by atoms with E-state index in [9.17, 15) is 0 Å². The van der Waals surface area contributed by atoms with Crippen LogP contribution in [0.15, 0.2) is 16.6 Å². The Morgan fingerprint density at radius 3 is 2.25 bits per heavy atom. The molecule has 0 aromatic carbocycles. The first-order valence-corrected chi connectivity index (χ1v) is 7.70. The number of hydrogen-bond acceptors (Lipinski definition) is 3. The van der Waals surface area contributed by atoms with E-state index in [-0.39, 0.29) is 6.04 Å². The zero-order chi connectivity index (χ0) is 11.9. The van der Waals surface area contributed by atoms with Crippen molar-refractivity contribution in [2.24, 2.45) is 5.73 Å². The van der Waals surface area contributed by atoms with Crippen LogP contribution in [-0.2, 0) is 0 Å². The summed E-state index contributed by atoms with van der Waals surface area (Å²) < 4.78 is 2.79. The van der Waals surface area contributed by atoms with Gasteiger partial charge in [-0.1, -0.05) is 34.8 Å². The van der Waals surface area contributed by atoms with Gasteiger partial charge in [0.05, 0.1) is 14.7 Å². The summed E-state index contributed by atoms with van der Waals surface area (Å²) in [6.45, 7) is 0. The molecular weight excluding hydrogens is 373 g/mol. The molecule has 2 N–H and O–H groups in total. The molecule has 0 fully saturated rings. The Hall–Kier alpha value is 0.710. The molecule has 0 radical (unpaired) electrons. The Kier molecular flexibility index (Phi) is 4.23. The quantitative estimate of drug-likeness (QED) is 0.726. The third-order valence-electron chi connectivity index (χ3n) is 1.99. The first-order chi connectivity index (χ1) is 7.49. The Balaban J connectivity index is 2.38. The molecule has 0 aliphatic rings. The van der Waals surface area contributed by atoms with Crippen LogP contribution in [-0.4, -0.2) is 0 Å². The third-order valence-corrected chi connectivity index (χ3v) is 6.06. The molecule has 0 aliphatic carbocycles. The Morgan fingerprint density at radius 1 is 1.12 bits per heavy atom. The maximum Gasteiger partial charge on any atom is 0.107 e. The fourth-order valence-electron chi connectivity index (χ4n) is 1.23. The van der Waals surface area contributed by atoms with Gasteiger partial charge in [-0.05, 0) is 28.1 Å². The lowest BCUT2D eigenvalue weighted by Crippen LogP contribution is -2.09. The van der Waals surface area contributed by atoms with Crippen molar-refractivity contribution in [3.05, 3.63) is 40.1 Å². The second-order valence-corrected chi connectivity index (χ2v) is 7.85. The van der Waals surface area contributed by atoms with Gasteiger partial charge in [0.15, 0.2) is 0 Å². The molecule has 0 aliphatic heterocycles. The molecular formula is C9H5BrCl3NS2. The van der Waals surface area contributed by atoms with Gasteiger partial charge in [-0.25, -0.2) is 0 Å². The number of thiophene rings is 2. The molecule has 16 heavy (non-hydrogen) atoms. The van der Waals surface area contributed by atoms with E-state index in [2.05, 4.69) is 15.9 Å². The topological polar surface area (TPSA) is 26.0 Å². The van der Waals surface area contributed by atoms with Crippen LogP contribution in [0.4, 0.5) is 0 Å². The largest absolute Gasteiger partial charge is 0.320 e. The molecule has 1 unspecified atom stereocenters. The molecule has 0 bridgehead atoms. The summed E-state index contributed by atoms with van der Waals surface area (Å²) in [4.78, 5) is 0.952. The minimum atomic E-state index is -0.287. The van der Waals surface area contributed by atoms with E-state index in [1.165, 1.54) is 22.7 Å². The minimum Gasteiger partial charge on any atom is -0.320 e. The number of halogens is 4. The van der Waals surface area contributed by atoms with Gasteiger partial charge in [-0.15, -0.1) is 22.7 Å².